The summed E-state index contributed by atoms with van der Waals surface area (Å²) in [6.07, 6.45) is 3.31. The molecule has 0 radical (unpaired) electrons. The fourth-order valence-corrected chi connectivity index (χ4v) is 2.94. The molecule has 1 amide bonds. The van der Waals surface area contributed by atoms with Gasteiger partial charge in [-0.25, -0.2) is 9.97 Å². The van der Waals surface area contributed by atoms with Gasteiger partial charge in [0.25, 0.3) is 0 Å². The van der Waals surface area contributed by atoms with Gasteiger partial charge in [-0.05, 0) is 26.2 Å². The van der Waals surface area contributed by atoms with Crippen molar-refractivity contribution in [1.29, 1.82) is 0 Å². The summed E-state index contributed by atoms with van der Waals surface area (Å²) < 4.78 is 0. The highest BCUT2D eigenvalue weighted by molar-refractivity contribution is 5.78. The molecule has 0 aliphatic carbocycles. The van der Waals surface area contributed by atoms with Crippen LogP contribution in [0.5, 0.6) is 0 Å². The van der Waals surface area contributed by atoms with Crippen LogP contribution in [-0.2, 0) is 4.79 Å². The second kappa shape index (κ2) is 5.36. The van der Waals surface area contributed by atoms with Gasteiger partial charge >= 0.3 is 0 Å². The van der Waals surface area contributed by atoms with E-state index in [9.17, 15) is 4.79 Å². The second-order valence-electron chi connectivity index (χ2n) is 5.44. The van der Waals surface area contributed by atoms with Crippen LogP contribution in [0.25, 0.3) is 0 Å². The van der Waals surface area contributed by atoms with Crippen LogP contribution in [0.2, 0.25) is 0 Å². The van der Waals surface area contributed by atoms with Crippen molar-refractivity contribution in [1.82, 2.24) is 14.9 Å². The van der Waals surface area contributed by atoms with Gasteiger partial charge in [0, 0.05) is 25.7 Å². The highest BCUT2D eigenvalue weighted by atomic mass is 16.3. The lowest BCUT2D eigenvalue weighted by molar-refractivity contribution is -0.142. The summed E-state index contributed by atoms with van der Waals surface area (Å²) in [6, 6.07) is 2.00. The molecule has 1 N–H and O–H groups in total. The summed E-state index contributed by atoms with van der Waals surface area (Å²) >= 11 is 0. The van der Waals surface area contributed by atoms with Gasteiger partial charge in [0.1, 0.15) is 18.2 Å². The summed E-state index contributed by atoms with van der Waals surface area (Å²) in [7, 11) is 0. The zero-order valence-corrected chi connectivity index (χ0v) is 11.7. The molecule has 108 valence electrons. The first-order valence-corrected chi connectivity index (χ1v) is 7.20. The lowest BCUT2D eigenvalue weighted by atomic mass is 9.99. The molecule has 1 aromatic rings. The number of aromatic nitrogens is 2. The predicted molar refractivity (Wildman–Crippen MR) is 74.4 cm³/mol. The topological polar surface area (TPSA) is 69.6 Å². The first-order valence-electron chi connectivity index (χ1n) is 7.20. The Morgan fingerprint density at radius 2 is 2.10 bits per heavy atom. The third-order valence-corrected chi connectivity index (χ3v) is 4.09. The molecule has 0 saturated carbocycles. The molecule has 0 spiro atoms. The number of hydrogen-bond acceptors (Lipinski definition) is 5. The zero-order valence-electron chi connectivity index (χ0n) is 11.7. The molecule has 2 fully saturated rings. The van der Waals surface area contributed by atoms with Gasteiger partial charge in [-0.2, -0.15) is 0 Å². The fraction of sp³-hybridized carbons (Fsp3) is 0.643. The van der Waals surface area contributed by atoms with Crippen LogP contribution in [0.3, 0.4) is 0 Å². The van der Waals surface area contributed by atoms with Crippen LogP contribution < -0.4 is 4.90 Å². The standard InChI is InChI=1S/C14H20N4O2/c1-10-15-11(12-4-7-18(12)14(20)9-19)8-13(16-10)17-5-2-3-6-17/h8,12,19H,2-7,9H2,1H3/t12-/m1/s1. The van der Waals surface area contributed by atoms with E-state index in [2.05, 4.69) is 14.9 Å². The number of likely N-dealkylation sites (tertiary alicyclic amines) is 1. The monoisotopic (exact) mass is 276 g/mol. The zero-order chi connectivity index (χ0) is 14.1. The van der Waals surface area contributed by atoms with Crippen LogP contribution in [-0.4, -0.2) is 52.1 Å². The Morgan fingerprint density at radius 3 is 2.70 bits per heavy atom. The Labute approximate surface area is 118 Å². The average Bonchev–Trinajstić information content (AvgIpc) is 2.90. The third-order valence-electron chi connectivity index (χ3n) is 4.09. The number of aliphatic hydroxyl groups excluding tert-OH is 1. The first kappa shape index (κ1) is 13.3. The molecule has 2 saturated heterocycles. The Balaban J connectivity index is 1.84. The minimum absolute atomic E-state index is 0.00213. The molecule has 3 rings (SSSR count). The van der Waals surface area contributed by atoms with Crippen LogP contribution in [0.1, 0.15) is 36.8 Å². The highest BCUT2D eigenvalue weighted by Gasteiger charge is 2.34. The van der Waals surface area contributed by atoms with Crippen LogP contribution >= 0.6 is 0 Å². The molecule has 1 aromatic heterocycles. The maximum atomic E-state index is 11.6. The summed E-state index contributed by atoms with van der Waals surface area (Å²) in [5.41, 5.74) is 0.896. The van der Waals surface area contributed by atoms with Crippen molar-refractivity contribution in [2.24, 2.45) is 0 Å². The van der Waals surface area contributed by atoms with Gasteiger partial charge < -0.3 is 14.9 Å². The average molecular weight is 276 g/mol. The first-order chi connectivity index (χ1) is 9.69. The Bertz CT molecular complexity index is 514. The third kappa shape index (κ3) is 2.35. The van der Waals surface area contributed by atoms with Crippen molar-refractivity contribution in [2.45, 2.75) is 32.2 Å². The van der Waals surface area contributed by atoms with Gasteiger partial charge in [-0.3, -0.25) is 4.79 Å². The van der Waals surface area contributed by atoms with Crippen molar-refractivity contribution >= 4 is 11.7 Å². The van der Waals surface area contributed by atoms with Crippen molar-refractivity contribution in [3.05, 3.63) is 17.6 Å². The molecule has 0 bridgehead atoms. The number of rotatable bonds is 3. The number of nitrogens with zero attached hydrogens (tertiary/aromatic N) is 4. The van der Waals surface area contributed by atoms with Gasteiger partial charge in [0.05, 0.1) is 11.7 Å². The Kier molecular flexibility index (Phi) is 3.56. The van der Waals surface area contributed by atoms with E-state index in [1.807, 2.05) is 13.0 Å². The lowest BCUT2D eigenvalue weighted by Gasteiger charge is -2.40. The van der Waals surface area contributed by atoms with Gasteiger partial charge in [-0.1, -0.05) is 0 Å². The van der Waals surface area contributed by atoms with Gasteiger partial charge in [-0.15, -0.1) is 0 Å². The molecule has 2 aliphatic heterocycles. The number of aliphatic hydroxyl groups is 1. The Hall–Kier alpha value is -1.69. The SMILES string of the molecule is Cc1nc([C@H]2CCN2C(=O)CO)cc(N2CCCC2)n1. The van der Waals surface area contributed by atoms with E-state index in [1.54, 1.807) is 4.90 Å². The molecule has 20 heavy (non-hydrogen) atoms. The highest BCUT2D eigenvalue weighted by Crippen LogP contribution is 2.33. The maximum Gasteiger partial charge on any atom is 0.248 e. The minimum Gasteiger partial charge on any atom is -0.387 e. The van der Waals surface area contributed by atoms with E-state index in [4.69, 9.17) is 5.11 Å². The maximum absolute atomic E-state index is 11.6. The molecular formula is C14H20N4O2. The van der Waals surface area contributed by atoms with E-state index in [-0.39, 0.29) is 11.9 Å². The molecule has 6 heteroatoms. The minimum atomic E-state index is -0.431. The van der Waals surface area contributed by atoms with Gasteiger partial charge in [0.15, 0.2) is 0 Å². The lowest BCUT2D eigenvalue weighted by Crippen LogP contribution is -2.46. The fourth-order valence-electron chi connectivity index (χ4n) is 2.94. The second-order valence-corrected chi connectivity index (χ2v) is 5.44. The molecule has 0 unspecified atom stereocenters. The van der Waals surface area contributed by atoms with E-state index in [1.165, 1.54) is 12.8 Å². The van der Waals surface area contributed by atoms with E-state index in [0.717, 1.165) is 36.8 Å². The van der Waals surface area contributed by atoms with Gasteiger partial charge in [0.2, 0.25) is 5.91 Å². The number of carbonyl (C=O) groups excluding carboxylic acids is 1. The number of carbonyl (C=O) groups is 1. The Morgan fingerprint density at radius 1 is 1.35 bits per heavy atom. The van der Waals surface area contributed by atoms with E-state index >= 15 is 0 Å². The smallest absolute Gasteiger partial charge is 0.248 e. The number of amides is 1. The number of anilines is 1. The molecular weight excluding hydrogens is 256 g/mol. The molecule has 1 atom stereocenters. The van der Waals surface area contributed by atoms with E-state index in [0.29, 0.717) is 6.54 Å². The molecule has 2 aliphatic rings. The predicted octanol–water partition coefficient (Wildman–Crippen LogP) is 0.651. The van der Waals surface area contributed by atoms with Crippen molar-refractivity contribution in [3.63, 3.8) is 0 Å². The van der Waals surface area contributed by atoms with Crippen LogP contribution in [0.15, 0.2) is 6.07 Å². The summed E-state index contributed by atoms with van der Waals surface area (Å²) in [5.74, 6) is 1.49. The molecule has 3 heterocycles. The van der Waals surface area contributed by atoms with Crippen molar-refractivity contribution in [3.8, 4) is 0 Å². The van der Waals surface area contributed by atoms with Crippen molar-refractivity contribution in [2.75, 3.05) is 31.1 Å². The van der Waals surface area contributed by atoms with E-state index < -0.39 is 6.61 Å². The summed E-state index contributed by atoms with van der Waals surface area (Å²) in [6.45, 7) is 4.24. The quantitative estimate of drug-likeness (QED) is 0.878. The number of aryl methyl sites for hydroxylation is 1. The van der Waals surface area contributed by atoms with Crippen LogP contribution in [0.4, 0.5) is 5.82 Å². The molecule has 6 nitrogen and oxygen atoms in total. The molecule has 0 aromatic carbocycles. The summed E-state index contributed by atoms with van der Waals surface area (Å²) in [4.78, 5) is 24.6. The van der Waals surface area contributed by atoms with Crippen LogP contribution in [0, 0.1) is 6.92 Å². The van der Waals surface area contributed by atoms with Crippen molar-refractivity contribution < 1.29 is 9.90 Å². The largest absolute Gasteiger partial charge is 0.387 e. The normalized spacial score (nSPS) is 22.0. The summed E-state index contributed by atoms with van der Waals surface area (Å²) in [5, 5.41) is 8.98. The number of hydrogen-bond donors (Lipinski definition) is 1.